The monoisotopic (exact) mass is 263 g/mol. The largest absolute Gasteiger partial charge is 0.390 e. The van der Waals surface area contributed by atoms with Crippen molar-refractivity contribution in [3.8, 4) is 0 Å². The van der Waals surface area contributed by atoms with Gasteiger partial charge in [-0.2, -0.15) is 0 Å². The van der Waals surface area contributed by atoms with Crippen molar-refractivity contribution >= 4 is 5.91 Å². The SMILES string of the molecule is CC(=O)N1CCN(Cc2ncccc2C)C[C@@H](O)C1. The summed E-state index contributed by atoms with van der Waals surface area (Å²) in [5.74, 6) is 0.0231. The third-order valence-corrected chi connectivity index (χ3v) is 3.52. The highest BCUT2D eigenvalue weighted by Gasteiger charge is 2.22. The Hall–Kier alpha value is -1.46. The molecule has 1 aromatic heterocycles. The van der Waals surface area contributed by atoms with Gasteiger partial charge in [-0.15, -0.1) is 0 Å². The van der Waals surface area contributed by atoms with Gasteiger partial charge in [-0.05, 0) is 18.6 Å². The number of aryl methyl sites for hydroxylation is 1. The van der Waals surface area contributed by atoms with E-state index in [9.17, 15) is 9.90 Å². The van der Waals surface area contributed by atoms with Gasteiger partial charge in [0.15, 0.2) is 0 Å². The maximum absolute atomic E-state index is 11.4. The molecule has 5 heteroatoms. The second kappa shape index (κ2) is 6.12. The van der Waals surface area contributed by atoms with Crippen LogP contribution in [0.25, 0.3) is 0 Å². The number of aliphatic hydroxyl groups excluding tert-OH is 1. The van der Waals surface area contributed by atoms with Crippen molar-refractivity contribution in [1.29, 1.82) is 0 Å². The van der Waals surface area contributed by atoms with Crippen LogP contribution in [0.15, 0.2) is 18.3 Å². The molecule has 0 saturated carbocycles. The highest BCUT2D eigenvalue weighted by Crippen LogP contribution is 2.11. The molecule has 2 rings (SSSR count). The lowest BCUT2D eigenvalue weighted by Gasteiger charge is -2.21. The zero-order valence-electron chi connectivity index (χ0n) is 11.5. The van der Waals surface area contributed by atoms with Crippen LogP contribution in [0.5, 0.6) is 0 Å². The van der Waals surface area contributed by atoms with Crippen LogP contribution < -0.4 is 0 Å². The fraction of sp³-hybridized carbons (Fsp3) is 0.571. The standard InChI is InChI=1S/C14H21N3O2/c1-11-4-3-5-15-14(11)10-16-6-7-17(12(2)18)9-13(19)8-16/h3-5,13,19H,6-10H2,1-2H3/t13-/m1/s1. The second-order valence-electron chi connectivity index (χ2n) is 5.12. The molecule has 1 aliphatic rings. The van der Waals surface area contributed by atoms with E-state index in [1.54, 1.807) is 18.0 Å². The number of carbonyl (C=O) groups is 1. The number of amides is 1. The maximum Gasteiger partial charge on any atom is 0.219 e. The Balaban J connectivity index is 2.02. The molecule has 0 bridgehead atoms. The van der Waals surface area contributed by atoms with Gasteiger partial charge >= 0.3 is 0 Å². The van der Waals surface area contributed by atoms with Crippen molar-refractivity contribution in [3.05, 3.63) is 29.6 Å². The first kappa shape index (κ1) is 14.0. The van der Waals surface area contributed by atoms with Crippen molar-refractivity contribution in [3.63, 3.8) is 0 Å². The van der Waals surface area contributed by atoms with E-state index in [4.69, 9.17) is 0 Å². The molecular weight excluding hydrogens is 242 g/mol. The first-order valence-electron chi connectivity index (χ1n) is 6.62. The number of aliphatic hydroxyl groups is 1. The van der Waals surface area contributed by atoms with E-state index in [1.165, 1.54) is 0 Å². The Bertz CT molecular complexity index is 450. The van der Waals surface area contributed by atoms with Crippen molar-refractivity contribution in [2.24, 2.45) is 0 Å². The fourth-order valence-electron chi connectivity index (χ4n) is 2.38. The smallest absolute Gasteiger partial charge is 0.219 e. The minimum atomic E-state index is -0.490. The molecule has 2 heterocycles. The lowest BCUT2D eigenvalue weighted by Crippen LogP contribution is -2.36. The zero-order valence-corrected chi connectivity index (χ0v) is 11.5. The fourth-order valence-corrected chi connectivity index (χ4v) is 2.38. The minimum absolute atomic E-state index is 0.0231. The summed E-state index contributed by atoms with van der Waals surface area (Å²) in [6.07, 6.45) is 1.30. The predicted octanol–water partition coefficient (Wildman–Crippen LogP) is 0.415. The quantitative estimate of drug-likeness (QED) is 0.840. The summed E-state index contributed by atoms with van der Waals surface area (Å²) in [4.78, 5) is 19.6. The average Bonchev–Trinajstić information content (AvgIpc) is 2.54. The molecule has 1 atom stereocenters. The molecule has 104 valence electrons. The highest BCUT2D eigenvalue weighted by molar-refractivity contribution is 5.73. The number of carbonyl (C=O) groups excluding carboxylic acids is 1. The molecule has 0 unspecified atom stereocenters. The average molecular weight is 263 g/mol. The van der Waals surface area contributed by atoms with Crippen LogP contribution in [0.2, 0.25) is 0 Å². The summed E-state index contributed by atoms with van der Waals surface area (Å²) in [7, 11) is 0. The second-order valence-corrected chi connectivity index (χ2v) is 5.12. The zero-order chi connectivity index (χ0) is 13.8. The first-order chi connectivity index (χ1) is 9.06. The molecule has 0 spiro atoms. The first-order valence-corrected chi connectivity index (χ1v) is 6.62. The molecular formula is C14H21N3O2. The molecule has 1 saturated heterocycles. The van der Waals surface area contributed by atoms with Crippen molar-refractivity contribution in [2.45, 2.75) is 26.5 Å². The maximum atomic E-state index is 11.4. The number of nitrogens with zero attached hydrogens (tertiary/aromatic N) is 3. The number of pyridine rings is 1. The molecule has 1 N–H and O–H groups in total. The van der Waals surface area contributed by atoms with E-state index in [1.807, 2.05) is 19.1 Å². The molecule has 5 nitrogen and oxygen atoms in total. The third-order valence-electron chi connectivity index (χ3n) is 3.52. The molecule has 0 aliphatic carbocycles. The van der Waals surface area contributed by atoms with Crippen LogP contribution in [-0.2, 0) is 11.3 Å². The third kappa shape index (κ3) is 3.75. The predicted molar refractivity (Wildman–Crippen MR) is 72.5 cm³/mol. The van der Waals surface area contributed by atoms with Gasteiger partial charge in [-0.3, -0.25) is 14.7 Å². The summed E-state index contributed by atoms with van der Waals surface area (Å²) in [5, 5.41) is 9.97. The van der Waals surface area contributed by atoms with Crippen LogP contribution in [0.4, 0.5) is 0 Å². The van der Waals surface area contributed by atoms with E-state index >= 15 is 0 Å². The van der Waals surface area contributed by atoms with Gasteiger partial charge in [0.2, 0.25) is 5.91 Å². The van der Waals surface area contributed by atoms with Gasteiger partial charge in [0, 0.05) is 45.8 Å². The Morgan fingerprint density at radius 3 is 2.95 bits per heavy atom. The summed E-state index contributed by atoms with van der Waals surface area (Å²) in [5.41, 5.74) is 2.19. The van der Waals surface area contributed by atoms with E-state index in [0.717, 1.165) is 24.3 Å². The van der Waals surface area contributed by atoms with E-state index in [-0.39, 0.29) is 5.91 Å². The molecule has 1 amide bonds. The molecule has 1 fully saturated rings. The van der Waals surface area contributed by atoms with Crippen LogP contribution in [0.3, 0.4) is 0 Å². The summed E-state index contributed by atoms with van der Waals surface area (Å²) >= 11 is 0. The minimum Gasteiger partial charge on any atom is -0.390 e. The van der Waals surface area contributed by atoms with Gasteiger partial charge in [0.25, 0.3) is 0 Å². The Kier molecular flexibility index (Phi) is 4.50. The number of hydrogen-bond donors (Lipinski definition) is 1. The van der Waals surface area contributed by atoms with Crippen LogP contribution >= 0.6 is 0 Å². The number of rotatable bonds is 2. The van der Waals surface area contributed by atoms with Crippen LogP contribution in [-0.4, -0.2) is 58.1 Å². The van der Waals surface area contributed by atoms with E-state index in [2.05, 4.69) is 9.88 Å². The molecule has 1 aliphatic heterocycles. The number of hydrogen-bond acceptors (Lipinski definition) is 4. The van der Waals surface area contributed by atoms with Gasteiger partial charge < -0.3 is 10.0 Å². The molecule has 0 aromatic carbocycles. The number of aromatic nitrogens is 1. The number of β-amino-alcohol motifs (C(OH)–C–C–N with tert-alkyl or cyclic N) is 1. The highest BCUT2D eigenvalue weighted by atomic mass is 16.3. The van der Waals surface area contributed by atoms with Gasteiger partial charge in [0.1, 0.15) is 0 Å². The molecule has 0 radical (unpaired) electrons. The summed E-state index contributed by atoms with van der Waals surface area (Å²) in [6, 6.07) is 3.96. The Labute approximate surface area is 113 Å². The molecule has 1 aromatic rings. The van der Waals surface area contributed by atoms with Crippen molar-refractivity contribution < 1.29 is 9.90 Å². The van der Waals surface area contributed by atoms with E-state index in [0.29, 0.717) is 19.6 Å². The Morgan fingerprint density at radius 2 is 2.26 bits per heavy atom. The Morgan fingerprint density at radius 1 is 1.47 bits per heavy atom. The van der Waals surface area contributed by atoms with Gasteiger partial charge in [-0.1, -0.05) is 6.07 Å². The van der Waals surface area contributed by atoms with Gasteiger partial charge in [-0.25, -0.2) is 0 Å². The topological polar surface area (TPSA) is 56.7 Å². The van der Waals surface area contributed by atoms with Crippen molar-refractivity contribution in [2.75, 3.05) is 26.2 Å². The van der Waals surface area contributed by atoms with Gasteiger partial charge in [0.05, 0.1) is 11.8 Å². The summed E-state index contributed by atoms with van der Waals surface area (Å²) < 4.78 is 0. The van der Waals surface area contributed by atoms with E-state index < -0.39 is 6.10 Å². The molecule has 19 heavy (non-hydrogen) atoms. The normalized spacial score (nSPS) is 21.2. The lowest BCUT2D eigenvalue weighted by atomic mass is 10.2. The van der Waals surface area contributed by atoms with Crippen LogP contribution in [0, 0.1) is 6.92 Å². The lowest BCUT2D eigenvalue weighted by molar-refractivity contribution is -0.129. The van der Waals surface area contributed by atoms with Crippen LogP contribution in [0.1, 0.15) is 18.2 Å². The van der Waals surface area contributed by atoms with Crippen molar-refractivity contribution in [1.82, 2.24) is 14.8 Å². The summed E-state index contributed by atoms with van der Waals surface area (Å²) in [6.45, 7) is 6.75.